The van der Waals surface area contributed by atoms with Crippen LogP contribution in [0.3, 0.4) is 0 Å². The number of benzene rings is 2. The van der Waals surface area contributed by atoms with Gasteiger partial charge in [0.25, 0.3) is 0 Å². The number of halogens is 1. The Balaban J connectivity index is 1.34. The van der Waals surface area contributed by atoms with Crippen molar-refractivity contribution in [3.63, 3.8) is 0 Å². The maximum absolute atomic E-state index is 13.2. The maximum Gasteiger partial charge on any atom is 0.241 e. The van der Waals surface area contributed by atoms with E-state index in [1.54, 1.807) is 24.3 Å². The molecule has 2 fully saturated rings. The van der Waals surface area contributed by atoms with Gasteiger partial charge in [0.1, 0.15) is 17.7 Å². The smallest absolute Gasteiger partial charge is 0.241 e. The standard InChI is InChI=1S/C23H28FN3O4S/c24-19-6-4-18(5-7-19)22-16-27(14-15-31-22)23(28)17-32(29,30)25-20-8-10-21(11-9-20)26-12-2-1-3-13-26/h4-11,22,25H,1-3,12-17H2. The fraction of sp³-hybridized carbons (Fsp3) is 0.435. The topological polar surface area (TPSA) is 79.0 Å². The number of anilines is 2. The van der Waals surface area contributed by atoms with Crippen molar-refractivity contribution in [1.82, 2.24) is 4.90 Å². The van der Waals surface area contributed by atoms with Crippen LogP contribution in [0.5, 0.6) is 0 Å². The number of carbonyl (C=O) groups excluding carboxylic acids is 1. The minimum Gasteiger partial charge on any atom is -0.372 e. The number of nitrogens with one attached hydrogen (secondary N) is 1. The number of nitrogens with zero attached hydrogens (tertiary/aromatic N) is 2. The highest BCUT2D eigenvalue weighted by molar-refractivity contribution is 7.93. The Kier molecular flexibility index (Phi) is 6.95. The average molecular weight is 462 g/mol. The molecule has 2 saturated heterocycles. The maximum atomic E-state index is 13.2. The van der Waals surface area contributed by atoms with Gasteiger partial charge in [-0.1, -0.05) is 12.1 Å². The zero-order valence-electron chi connectivity index (χ0n) is 17.9. The normalized spacial score (nSPS) is 19.6. The Hall–Kier alpha value is -2.65. The molecule has 2 aromatic carbocycles. The summed E-state index contributed by atoms with van der Waals surface area (Å²) in [6.07, 6.45) is 3.17. The first-order chi connectivity index (χ1) is 15.4. The summed E-state index contributed by atoms with van der Waals surface area (Å²) >= 11 is 0. The predicted molar refractivity (Wildman–Crippen MR) is 122 cm³/mol. The van der Waals surface area contributed by atoms with Gasteiger partial charge in [0.05, 0.1) is 13.2 Å². The number of hydrogen-bond donors (Lipinski definition) is 1. The Bertz CT molecular complexity index is 1020. The molecule has 0 saturated carbocycles. The van der Waals surface area contributed by atoms with Crippen LogP contribution in [-0.4, -0.2) is 57.8 Å². The van der Waals surface area contributed by atoms with Gasteiger partial charge in [-0.2, -0.15) is 0 Å². The lowest BCUT2D eigenvalue weighted by Crippen LogP contribution is -2.45. The molecule has 7 nitrogen and oxygen atoms in total. The zero-order chi connectivity index (χ0) is 22.6. The van der Waals surface area contributed by atoms with Crippen molar-refractivity contribution < 1.29 is 22.3 Å². The quantitative estimate of drug-likeness (QED) is 0.715. The number of rotatable bonds is 6. The predicted octanol–water partition coefficient (Wildman–Crippen LogP) is 3.16. The molecular weight excluding hydrogens is 433 g/mol. The Morgan fingerprint density at radius 1 is 1.00 bits per heavy atom. The Morgan fingerprint density at radius 3 is 2.38 bits per heavy atom. The fourth-order valence-electron chi connectivity index (χ4n) is 4.12. The average Bonchev–Trinajstić information content (AvgIpc) is 2.80. The van der Waals surface area contributed by atoms with Gasteiger partial charge in [0.15, 0.2) is 0 Å². The number of morpholine rings is 1. The first-order valence-electron chi connectivity index (χ1n) is 10.9. The molecule has 2 aromatic rings. The number of piperidine rings is 1. The highest BCUT2D eigenvalue weighted by Crippen LogP contribution is 2.24. The Morgan fingerprint density at radius 2 is 1.69 bits per heavy atom. The van der Waals surface area contributed by atoms with Crippen molar-refractivity contribution in [2.45, 2.75) is 25.4 Å². The number of hydrogen-bond acceptors (Lipinski definition) is 5. The summed E-state index contributed by atoms with van der Waals surface area (Å²) in [6, 6.07) is 13.2. The summed E-state index contributed by atoms with van der Waals surface area (Å²) in [5.74, 6) is -1.48. The molecule has 4 rings (SSSR count). The molecular formula is C23H28FN3O4S. The van der Waals surface area contributed by atoms with Crippen LogP contribution >= 0.6 is 0 Å². The van der Waals surface area contributed by atoms with Crippen LogP contribution in [0.4, 0.5) is 15.8 Å². The van der Waals surface area contributed by atoms with Crippen LogP contribution in [0, 0.1) is 5.82 Å². The summed E-state index contributed by atoms with van der Waals surface area (Å²) in [6.45, 7) is 2.86. The second-order valence-electron chi connectivity index (χ2n) is 8.21. The molecule has 0 radical (unpaired) electrons. The van der Waals surface area contributed by atoms with Gasteiger partial charge in [0.2, 0.25) is 15.9 Å². The van der Waals surface area contributed by atoms with Crippen LogP contribution < -0.4 is 9.62 Å². The van der Waals surface area contributed by atoms with E-state index in [1.165, 1.54) is 36.3 Å². The molecule has 0 bridgehead atoms. The second-order valence-corrected chi connectivity index (χ2v) is 9.93. The molecule has 172 valence electrons. The van der Waals surface area contributed by atoms with Gasteiger partial charge < -0.3 is 14.5 Å². The lowest BCUT2D eigenvalue weighted by atomic mass is 10.1. The largest absolute Gasteiger partial charge is 0.372 e. The van der Waals surface area contributed by atoms with Gasteiger partial charge in [-0.05, 0) is 61.2 Å². The van der Waals surface area contributed by atoms with Gasteiger partial charge in [-0.15, -0.1) is 0 Å². The van der Waals surface area contributed by atoms with E-state index in [0.717, 1.165) is 24.3 Å². The van der Waals surface area contributed by atoms with E-state index in [0.29, 0.717) is 18.8 Å². The van der Waals surface area contributed by atoms with E-state index in [1.807, 2.05) is 12.1 Å². The lowest BCUT2D eigenvalue weighted by Gasteiger charge is -2.33. The third-order valence-corrected chi connectivity index (χ3v) is 7.01. The van der Waals surface area contributed by atoms with Crippen molar-refractivity contribution in [1.29, 1.82) is 0 Å². The summed E-state index contributed by atoms with van der Waals surface area (Å²) < 4.78 is 46.5. The summed E-state index contributed by atoms with van der Waals surface area (Å²) in [5.41, 5.74) is 2.26. The monoisotopic (exact) mass is 461 g/mol. The molecule has 0 spiro atoms. The van der Waals surface area contributed by atoms with E-state index in [4.69, 9.17) is 4.74 Å². The van der Waals surface area contributed by atoms with Crippen molar-refractivity contribution >= 4 is 27.3 Å². The minimum absolute atomic E-state index is 0.227. The van der Waals surface area contributed by atoms with Gasteiger partial charge in [-0.25, -0.2) is 12.8 Å². The molecule has 9 heteroatoms. The van der Waals surface area contributed by atoms with Crippen molar-refractivity contribution in [3.05, 3.63) is 59.9 Å². The molecule has 1 atom stereocenters. The Labute approximate surface area is 188 Å². The molecule has 1 unspecified atom stereocenters. The van der Waals surface area contributed by atoms with Crippen LogP contribution in [0.1, 0.15) is 30.9 Å². The van der Waals surface area contributed by atoms with E-state index in [-0.39, 0.29) is 12.4 Å². The minimum atomic E-state index is -3.85. The number of ether oxygens (including phenoxy) is 1. The molecule has 1 amide bonds. The van der Waals surface area contributed by atoms with Crippen LogP contribution in [0.25, 0.3) is 0 Å². The van der Waals surface area contributed by atoms with Gasteiger partial charge in [0, 0.05) is 31.0 Å². The molecule has 1 N–H and O–H groups in total. The third-order valence-electron chi connectivity index (χ3n) is 5.84. The highest BCUT2D eigenvalue weighted by atomic mass is 32.2. The van der Waals surface area contributed by atoms with Gasteiger partial charge >= 0.3 is 0 Å². The number of carbonyl (C=O) groups is 1. The zero-order valence-corrected chi connectivity index (χ0v) is 18.7. The summed E-state index contributed by atoms with van der Waals surface area (Å²) in [5, 5.41) is 0. The van der Waals surface area contributed by atoms with Crippen LogP contribution in [0.2, 0.25) is 0 Å². The number of sulfonamides is 1. The molecule has 0 aromatic heterocycles. The fourth-order valence-corrected chi connectivity index (χ4v) is 5.19. The van der Waals surface area contributed by atoms with Crippen molar-refractivity contribution in [2.24, 2.45) is 0 Å². The van der Waals surface area contributed by atoms with Crippen molar-refractivity contribution in [2.75, 3.05) is 48.2 Å². The molecule has 2 aliphatic heterocycles. The van der Waals surface area contributed by atoms with E-state index >= 15 is 0 Å². The highest BCUT2D eigenvalue weighted by Gasteiger charge is 2.28. The lowest BCUT2D eigenvalue weighted by molar-refractivity contribution is -0.136. The SMILES string of the molecule is O=C(CS(=O)(=O)Nc1ccc(N2CCCCC2)cc1)N1CCOC(c2ccc(F)cc2)C1. The van der Waals surface area contributed by atoms with Crippen molar-refractivity contribution in [3.8, 4) is 0 Å². The van der Waals surface area contributed by atoms with Gasteiger partial charge in [-0.3, -0.25) is 9.52 Å². The third kappa shape index (κ3) is 5.77. The van der Waals surface area contributed by atoms with E-state index in [9.17, 15) is 17.6 Å². The molecule has 2 heterocycles. The molecule has 32 heavy (non-hydrogen) atoms. The van der Waals surface area contributed by atoms with Crippen LogP contribution in [0.15, 0.2) is 48.5 Å². The van der Waals surface area contributed by atoms with E-state index in [2.05, 4.69) is 9.62 Å². The van der Waals surface area contributed by atoms with Crippen LogP contribution in [-0.2, 0) is 19.6 Å². The molecule has 2 aliphatic rings. The number of amides is 1. The first kappa shape index (κ1) is 22.5. The first-order valence-corrected chi connectivity index (χ1v) is 12.6. The summed E-state index contributed by atoms with van der Waals surface area (Å²) in [4.78, 5) is 16.5. The molecule has 0 aliphatic carbocycles. The second kappa shape index (κ2) is 9.87. The summed E-state index contributed by atoms with van der Waals surface area (Å²) in [7, 11) is -3.85. The van der Waals surface area contributed by atoms with E-state index < -0.39 is 27.8 Å².